The molecule has 0 radical (unpaired) electrons. The van der Waals surface area contributed by atoms with Gasteiger partial charge in [0.05, 0.1) is 11.0 Å². The summed E-state index contributed by atoms with van der Waals surface area (Å²) in [5, 5.41) is 0. The minimum Gasteiger partial charge on any atom is -0.369 e. The predicted molar refractivity (Wildman–Crippen MR) is 77.7 cm³/mol. The number of rotatable bonds is 4. The summed E-state index contributed by atoms with van der Waals surface area (Å²) in [6, 6.07) is 6.34. The molecule has 0 amide bonds. The van der Waals surface area contributed by atoms with Crippen LogP contribution in [0.1, 0.15) is 45.6 Å². The quantitative estimate of drug-likeness (QED) is 0.889. The van der Waals surface area contributed by atoms with Crippen molar-refractivity contribution in [2.45, 2.75) is 52.5 Å². The molecule has 0 bridgehead atoms. The molecule has 0 aliphatic rings. The maximum absolute atomic E-state index is 6.17. The van der Waals surface area contributed by atoms with Crippen LogP contribution in [0, 0.1) is 6.92 Å². The van der Waals surface area contributed by atoms with Gasteiger partial charge in [-0.25, -0.2) is 4.98 Å². The number of imidazole rings is 1. The molecule has 0 atom stereocenters. The molecule has 0 saturated carbocycles. The number of hydrogen-bond acceptors (Lipinski definition) is 2. The molecule has 1 heterocycles. The van der Waals surface area contributed by atoms with Crippen molar-refractivity contribution < 1.29 is 0 Å². The monoisotopic (exact) mass is 245 g/mol. The molecule has 98 valence electrons. The lowest BCUT2D eigenvalue weighted by Gasteiger charge is -2.33. The SMILES string of the molecule is CCC(CC)(CC)n1c(N)nc2ccc(C)cc21. The number of hydrogen-bond donors (Lipinski definition) is 1. The second kappa shape index (κ2) is 4.63. The Kier molecular flexibility index (Phi) is 3.33. The Hall–Kier alpha value is -1.51. The van der Waals surface area contributed by atoms with Crippen LogP contribution in [0.4, 0.5) is 5.95 Å². The number of fused-ring (bicyclic) bond motifs is 1. The van der Waals surface area contributed by atoms with Crippen LogP contribution in [-0.4, -0.2) is 9.55 Å². The van der Waals surface area contributed by atoms with Gasteiger partial charge < -0.3 is 10.3 Å². The molecular weight excluding hydrogens is 222 g/mol. The fourth-order valence-corrected chi connectivity index (χ4v) is 2.93. The molecule has 2 N–H and O–H groups in total. The first-order valence-corrected chi connectivity index (χ1v) is 6.83. The second-order valence-electron chi connectivity index (χ2n) is 5.08. The molecule has 1 aromatic heterocycles. The number of nitrogen functional groups attached to an aromatic ring is 1. The lowest BCUT2D eigenvalue weighted by atomic mass is 9.89. The fourth-order valence-electron chi connectivity index (χ4n) is 2.93. The number of anilines is 1. The van der Waals surface area contributed by atoms with Crippen LogP contribution in [0.5, 0.6) is 0 Å². The summed E-state index contributed by atoms with van der Waals surface area (Å²) >= 11 is 0. The van der Waals surface area contributed by atoms with Gasteiger partial charge in [0.1, 0.15) is 0 Å². The number of benzene rings is 1. The minimum atomic E-state index is 0.0899. The normalized spacial score (nSPS) is 12.2. The van der Waals surface area contributed by atoms with Crippen molar-refractivity contribution in [2.75, 3.05) is 5.73 Å². The molecule has 0 spiro atoms. The van der Waals surface area contributed by atoms with E-state index in [1.54, 1.807) is 0 Å². The molecule has 1 aromatic carbocycles. The summed E-state index contributed by atoms with van der Waals surface area (Å²) in [5.41, 5.74) is 9.67. The smallest absolute Gasteiger partial charge is 0.201 e. The van der Waals surface area contributed by atoms with Gasteiger partial charge in [-0.1, -0.05) is 26.8 Å². The van der Waals surface area contributed by atoms with E-state index in [0.717, 1.165) is 30.3 Å². The van der Waals surface area contributed by atoms with Crippen molar-refractivity contribution in [1.82, 2.24) is 9.55 Å². The van der Waals surface area contributed by atoms with E-state index in [2.05, 4.69) is 55.4 Å². The van der Waals surface area contributed by atoms with E-state index in [1.165, 1.54) is 5.56 Å². The summed E-state index contributed by atoms with van der Waals surface area (Å²) in [6.45, 7) is 8.80. The summed E-state index contributed by atoms with van der Waals surface area (Å²) in [4.78, 5) is 4.50. The lowest BCUT2D eigenvalue weighted by molar-refractivity contribution is 0.262. The Balaban J connectivity index is 2.76. The van der Waals surface area contributed by atoms with E-state index in [9.17, 15) is 0 Å². The first-order valence-electron chi connectivity index (χ1n) is 6.83. The molecule has 0 saturated heterocycles. The van der Waals surface area contributed by atoms with E-state index in [-0.39, 0.29) is 5.54 Å². The van der Waals surface area contributed by atoms with E-state index in [1.807, 2.05) is 0 Å². The highest BCUT2D eigenvalue weighted by molar-refractivity contribution is 5.79. The van der Waals surface area contributed by atoms with Crippen LogP contribution in [0.2, 0.25) is 0 Å². The highest BCUT2D eigenvalue weighted by atomic mass is 15.2. The third kappa shape index (κ3) is 1.78. The van der Waals surface area contributed by atoms with E-state index < -0.39 is 0 Å². The van der Waals surface area contributed by atoms with Crippen molar-refractivity contribution in [1.29, 1.82) is 0 Å². The molecule has 3 nitrogen and oxygen atoms in total. The van der Waals surface area contributed by atoms with Crippen molar-refractivity contribution in [2.24, 2.45) is 0 Å². The molecule has 0 aliphatic heterocycles. The topological polar surface area (TPSA) is 43.8 Å². The first-order chi connectivity index (χ1) is 8.57. The number of nitrogens with zero attached hydrogens (tertiary/aromatic N) is 2. The first kappa shape index (κ1) is 12.9. The van der Waals surface area contributed by atoms with Gasteiger partial charge in [0.2, 0.25) is 5.95 Å². The molecular formula is C15H23N3. The van der Waals surface area contributed by atoms with Crippen molar-refractivity contribution in [3.63, 3.8) is 0 Å². The molecule has 3 heteroatoms. The molecule has 2 rings (SSSR count). The Bertz CT molecular complexity index is 542. The summed E-state index contributed by atoms with van der Waals surface area (Å²) < 4.78 is 2.25. The maximum Gasteiger partial charge on any atom is 0.201 e. The highest BCUT2D eigenvalue weighted by Crippen LogP contribution is 2.35. The third-order valence-electron chi connectivity index (χ3n) is 4.28. The summed E-state index contributed by atoms with van der Waals surface area (Å²) in [7, 11) is 0. The fraction of sp³-hybridized carbons (Fsp3) is 0.533. The number of nitrogens with two attached hydrogens (primary N) is 1. The number of aryl methyl sites for hydroxylation is 1. The van der Waals surface area contributed by atoms with Gasteiger partial charge in [-0.3, -0.25) is 0 Å². The predicted octanol–water partition coefficient (Wildman–Crippen LogP) is 3.85. The zero-order chi connectivity index (χ0) is 13.3. The summed E-state index contributed by atoms with van der Waals surface area (Å²) in [6.07, 6.45) is 3.22. The van der Waals surface area contributed by atoms with Crippen LogP contribution in [0.3, 0.4) is 0 Å². The van der Waals surface area contributed by atoms with Crippen LogP contribution in [-0.2, 0) is 5.54 Å². The molecule has 18 heavy (non-hydrogen) atoms. The van der Waals surface area contributed by atoms with Gasteiger partial charge in [-0.2, -0.15) is 0 Å². The van der Waals surface area contributed by atoms with Crippen molar-refractivity contribution in [3.05, 3.63) is 23.8 Å². The standard InChI is InChI=1S/C15H23N3/c1-5-15(6-2,7-3)18-13-10-11(4)8-9-12(13)17-14(18)16/h8-10H,5-7H2,1-4H3,(H2,16,17). The average molecular weight is 245 g/mol. The van der Waals surface area contributed by atoms with Crippen molar-refractivity contribution >= 4 is 17.0 Å². The van der Waals surface area contributed by atoms with E-state index in [0.29, 0.717) is 5.95 Å². The molecule has 0 fully saturated rings. The van der Waals surface area contributed by atoms with E-state index in [4.69, 9.17) is 5.73 Å². The maximum atomic E-state index is 6.17. The highest BCUT2D eigenvalue weighted by Gasteiger charge is 2.29. The van der Waals surface area contributed by atoms with Gasteiger partial charge in [0.15, 0.2) is 0 Å². The molecule has 0 unspecified atom stereocenters. The van der Waals surface area contributed by atoms with Gasteiger partial charge >= 0.3 is 0 Å². The van der Waals surface area contributed by atoms with Gasteiger partial charge in [0, 0.05) is 5.54 Å². The minimum absolute atomic E-state index is 0.0899. The Morgan fingerprint density at radius 1 is 1.17 bits per heavy atom. The van der Waals surface area contributed by atoms with Gasteiger partial charge in [0.25, 0.3) is 0 Å². The molecule has 2 aromatic rings. The average Bonchev–Trinajstić information content (AvgIpc) is 2.69. The van der Waals surface area contributed by atoms with Crippen LogP contribution in [0.15, 0.2) is 18.2 Å². The van der Waals surface area contributed by atoms with Gasteiger partial charge in [-0.15, -0.1) is 0 Å². The Labute approximate surface area is 109 Å². The second-order valence-corrected chi connectivity index (χ2v) is 5.08. The van der Waals surface area contributed by atoms with Crippen LogP contribution >= 0.6 is 0 Å². The zero-order valence-corrected chi connectivity index (χ0v) is 11.8. The third-order valence-corrected chi connectivity index (χ3v) is 4.28. The largest absolute Gasteiger partial charge is 0.369 e. The van der Waals surface area contributed by atoms with Crippen LogP contribution < -0.4 is 5.73 Å². The number of aromatic nitrogens is 2. The van der Waals surface area contributed by atoms with E-state index >= 15 is 0 Å². The molecule has 0 aliphatic carbocycles. The van der Waals surface area contributed by atoms with Crippen molar-refractivity contribution in [3.8, 4) is 0 Å². The summed E-state index contributed by atoms with van der Waals surface area (Å²) in [5.74, 6) is 0.640. The van der Waals surface area contributed by atoms with Crippen LogP contribution in [0.25, 0.3) is 11.0 Å². The Morgan fingerprint density at radius 3 is 2.33 bits per heavy atom. The Morgan fingerprint density at radius 2 is 1.78 bits per heavy atom. The van der Waals surface area contributed by atoms with Gasteiger partial charge in [-0.05, 0) is 43.9 Å². The lowest BCUT2D eigenvalue weighted by Crippen LogP contribution is -2.32. The zero-order valence-electron chi connectivity index (χ0n) is 11.8.